The molecule has 5 heteroatoms. The molecular weight excluding hydrogens is 335 g/mol. The van der Waals surface area contributed by atoms with Crippen molar-refractivity contribution < 1.29 is 18.5 Å². The third-order valence-electron chi connectivity index (χ3n) is 8.58. The topological polar surface area (TPSA) is 58.6 Å². The summed E-state index contributed by atoms with van der Waals surface area (Å²) in [6.07, 6.45) is 13.4. The highest BCUT2D eigenvalue weighted by atomic mass is 31.2. The van der Waals surface area contributed by atoms with Crippen molar-refractivity contribution in [2.45, 2.75) is 88.3 Å². The minimum absolute atomic E-state index is 0.422. The van der Waals surface area contributed by atoms with E-state index in [4.69, 9.17) is 9.05 Å². The number of hydrogen-bond acceptors (Lipinski definition) is 4. The van der Waals surface area contributed by atoms with Crippen LogP contribution in [0.25, 0.3) is 0 Å². The SMILES string of the molecule is O=P([O-])(OC12CC3CC(CC(C3)C1)C2)OC12CC3CC(CC(C3)C1)C2. The lowest BCUT2D eigenvalue weighted by molar-refractivity contribution is -0.267. The Hall–Kier alpha value is 0.110. The second-order valence-corrected chi connectivity index (χ2v) is 12.1. The molecule has 0 saturated heterocycles. The van der Waals surface area contributed by atoms with Gasteiger partial charge in [-0.25, -0.2) is 0 Å². The largest absolute Gasteiger partial charge is 0.756 e. The number of hydrogen-bond donors (Lipinski definition) is 0. The van der Waals surface area contributed by atoms with Crippen molar-refractivity contribution in [3.8, 4) is 0 Å². The van der Waals surface area contributed by atoms with Crippen LogP contribution in [-0.2, 0) is 13.6 Å². The Bertz CT molecular complexity index is 509. The lowest BCUT2D eigenvalue weighted by Gasteiger charge is -2.59. The van der Waals surface area contributed by atoms with Crippen LogP contribution < -0.4 is 4.89 Å². The van der Waals surface area contributed by atoms with Crippen molar-refractivity contribution in [2.24, 2.45) is 35.5 Å². The van der Waals surface area contributed by atoms with Crippen LogP contribution >= 0.6 is 7.82 Å². The summed E-state index contributed by atoms with van der Waals surface area (Å²) < 4.78 is 24.9. The number of phosphoric ester groups is 1. The van der Waals surface area contributed by atoms with Crippen molar-refractivity contribution in [2.75, 3.05) is 0 Å². The van der Waals surface area contributed by atoms with Gasteiger partial charge in [-0.3, -0.25) is 4.57 Å². The molecule has 8 bridgehead atoms. The zero-order chi connectivity index (χ0) is 16.9. The fourth-order valence-corrected chi connectivity index (χ4v) is 10.2. The molecule has 0 aromatic rings. The first kappa shape index (κ1) is 16.1. The lowest BCUT2D eigenvalue weighted by Crippen LogP contribution is -2.54. The van der Waals surface area contributed by atoms with E-state index in [0.29, 0.717) is 35.5 Å². The maximum absolute atomic E-state index is 13.0. The van der Waals surface area contributed by atoms with Gasteiger partial charge in [0.25, 0.3) is 7.82 Å². The molecule has 0 spiro atoms. The van der Waals surface area contributed by atoms with Crippen molar-refractivity contribution in [1.82, 2.24) is 0 Å². The van der Waals surface area contributed by atoms with Gasteiger partial charge in [-0.15, -0.1) is 0 Å². The molecule has 140 valence electrons. The second-order valence-electron chi connectivity index (χ2n) is 10.8. The van der Waals surface area contributed by atoms with Crippen molar-refractivity contribution in [1.29, 1.82) is 0 Å². The van der Waals surface area contributed by atoms with E-state index in [1.807, 2.05) is 0 Å². The average Bonchev–Trinajstić information content (AvgIpc) is 2.40. The fourth-order valence-electron chi connectivity index (χ4n) is 8.78. The van der Waals surface area contributed by atoms with Crippen LogP contribution in [0.2, 0.25) is 0 Å². The zero-order valence-electron chi connectivity index (χ0n) is 15.0. The monoisotopic (exact) mass is 365 g/mol. The second kappa shape index (κ2) is 5.13. The fraction of sp³-hybridized carbons (Fsp3) is 1.00. The molecule has 0 aromatic heterocycles. The van der Waals surface area contributed by atoms with E-state index >= 15 is 0 Å². The zero-order valence-corrected chi connectivity index (χ0v) is 15.9. The van der Waals surface area contributed by atoms with Crippen molar-refractivity contribution >= 4 is 7.82 Å². The van der Waals surface area contributed by atoms with Gasteiger partial charge in [0, 0.05) is 0 Å². The number of phosphoric acid groups is 1. The standard InChI is InChI=1S/C20H31O4P/c21-25(22,23-19-7-13-1-14(8-19)3-15(2-13)9-19)24-20-10-16-4-17(11-20)6-18(5-16)12-20/h13-18H,1-12H2,(H,21,22)/p-1. The first-order valence-electron chi connectivity index (χ1n) is 10.6. The summed E-state index contributed by atoms with van der Waals surface area (Å²) in [6, 6.07) is 0. The summed E-state index contributed by atoms with van der Waals surface area (Å²) in [5, 5.41) is 0. The summed E-state index contributed by atoms with van der Waals surface area (Å²) in [6.45, 7) is 0. The molecular formula is C20H30O4P-. The van der Waals surface area contributed by atoms with E-state index in [-0.39, 0.29) is 0 Å². The summed E-state index contributed by atoms with van der Waals surface area (Å²) in [5.74, 6) is 4.12. The molecule has 0 radical (unpaired) electrons. The Labute approximate surface area is 150 Å². The van der Waals surface area contributed by atoms with E-state index in [0.717, 1.165) is 38.5 Å². The molecule has 8 fully saturated rings. The Morgan fingerprint density at radius 3 is 1.08 bits per heavy atom. The van der Waals surface area contributed by atoms with Gasteiger partial charge in [-0.1, -0.05) is 0 Å². The molecule has 0 N–H and O–H groups in total. The minimum Gasteiger partial charge on any atom is -0.756 e. The smallest absolute Gasteiger partial charge is 0.268 e. The first-order valence-corrected chi connectivity index (χ1v) is 12.1. The van der Waals surface area contributed by atoms with Crippen LogP contribution in [0.4, 0.5) is 0 Å². The van der Waals surface area contributed by atoms with Crippen LogP contribution in [0.5, 0.6) is 0 Å². The molecule has 8 saturated carbocycles. The molecule has 4 nitrogen and oxygen atoms in total. The highest BCUT2D eigenvalue weighted by Gasteiger charge is 2.56. The Kier molecular flexibility index (Phi) is 3.30. The quantitative estimate of drug-likeness (QED) is 0.692. The van der Waals surface area contributed by atoms with Gasteiger partial charge in [0.05, 0.1) is 11.2 Å². The van der Waals surface area contributed by atoms with E-state index in [1.54, 1.807) is 0 Å². The predicted molar refractivity (Wildman–Crippen MR) is 91.6 cm³/mol. The van der Waals surface area contributed by atoms with Gasteiger partial charge in [0.2, 0.25) is 0 Å². The van der Waals surface area contributed by atoms with Gasteiger partial charge >= 0.3 is 0 Å². The molecule has 0 aliphatic heterocycles. The maximum atomic E-state index is 13.0. The normalized spacial score (nSPS) is 57.8. The van der Waals surface area contributed by atoms with E-state index < -0.39 is 19.0 Å². The van der Waals surface area contributed by atoms with E-state index in [2.05, 4.69) is 0 Å². The molecule has 0 aromatic carbocycles. The van der Waals surface area contributed by atoms with Gasteiger partial charge in [-0.2, -0.15) is 0 Å². The van der Waals surface area contributed by atoms with E-state index in [9.17, 15) is 9.46 Å². The van der Waals surface area contributed by atoms with Gasteiger partial charge in [0.1, 0.15) is 0 Å². The molecule has 0 atom stereocenters. The Balaban J connectivity index is 1.21. The maximum Gasteiger partial charge on any atom is 0.268 e. The predicted octanol–water partition coefficient (Wildman–Crippen LogP) is 4.43. The van der Waals surface area contributed by atoms with Crippen LogP contribution in [0.3, 0.4) is 0 Å². The van der Waals surface area contributed by atoms with Crippen molar-refractivity contribution in [3.05, 3.63) is 0 Å². The molecule has 8 rings (SSSR count). The molecule has 0 amide bonds. The molecule has 0 heterocycles. The van der Waals surface area contributed by atoms with Gasteiger partial charge in [0.15, 0.2) is 0 Å². The van der Waals surface area contributed by atoms with E-state index in [1.165, 1.54) is 38.5 Å². The molecule has 0 unspecified atom stereocenters. The lowest BCUT2D eigenvalue weighted by atomic mass is 9.54. The van der Waals surface area contributed by atoms with Crippen LogP contribution in [-0.4, -0.2) is 11.2 Å². The van der Waals surface area contributed by atoms with Gasteiger partial charge < -0.3 is 13.9 Å². The Morgan fingerprint density at radius 1 is 0.600 bits per heavy atom. The van der Waals surface area contributed by atoms with Crippen LogP contribution in [0.1, 0.15) is 77.0 Å². The highest BCUT2D eigenvalue weighted by molar-refractivity contribution is 7.46. The molecule has 8 aliphatic rings. The number of rotatable bonds is 4. The van der Waals surface area contributed by atoms with Crippen LogP contribution in [0.15, 0.2) is 0 Å². The minimum atomic E-state index is -4.24. The molecule has 8 aliphatic carbocycles. The van der Waals surface area contributed by atoms with Crippen molar-refractivity contribution in [3.63, 3.8) is 0 Å². The summed E-state index contributed by atoms with van der Waals surface area (Å²) in [5.41, 5.74) is -0.845. The Morgan fingerprint density at radius 2 is 0.840 bits per heavy atom. The summed E-state index contributed by atoms with van der Waals surface area (Å²) in [7, 11) is -4.24. The highest BCUT2D eigenvalue weighted by Crippen LogP contribution is 2.65. The summed E-state index contributed by atoms with van der Waals surface area (Å²) >= 11 is 0. The van der Waals surface area contributed by atoms with Crippen LogP contribution in [0, 0.1) is 35.5 Å². The summed E-state index contributed by atoms with van der Waals surface area (Å²) in [4.78, 5) is 13.0. The third kappa shape index (κ3) is 2.70. The first-order chi connectivity index (χ1) is 11.9. The molecule has 25 heavy (non-hydrogen) atoms. The average molecular weight is 365 g/mol. The third-order valence-corrected chi connectivity index (χ3v) is 9.80. The van der Waals surface area contributed by atoms with Gasteiger partial charge in [-0.05, 0) is 113 Å².